The lowest BCUT2D eigenvalue weighted by Crippen LogP contribution is -2.21. The van der Waals surface area contributed by atoms with Gasteiger partial charge in [-0.3, -0.25) is 4.79 Å². The summed E-state index contributed by atoms with van der Waals surface area (Å²) in [6.07, 6.45) is 3.60. The summed E-state index contributed by atoms with van der Waals surface area (Å²) in [5.74, 6) is 1.21. The van der Waals surface area contributed by atoms with Gasteiger partial charge >= 0.3 is 0 Å². The number of rotatable bonds is 6. The summed E-state index contributed by atoms with van der Waals surface area (Å²) in [6, 6.07) is 6.06. The predicted octanol–water partition coefficient (Wildman–Crippen LogP) is 1.99. The summed E-state index contributed by atoms with van der Waals surface area (Å²) < 4.78 is 5.52. The van der Waals surface area contributed by atoms with Gasteiger partial charge < -0.3 is 15.4 Å². The first-order valence-electron chi connectivity index (χ1n) is 7.84. The van der Waals surface area contributed by atoms with Crippen molar-refractivity contribution in [2.75, 3.05) is 26.9 Å². The molecule has 0 unspecified atom stereocenters. The molecule has 1 aromatic heterocycles. The maximum atomic E-state index is 11.7. The van der Waals surface area contributed by atoms with E-state index in [1.165, 1.54) is 0 Å². The average molecular weight is 328 g/mol. The van der Waals surface area contributed by atoms with Crippen LogP contribution in [0, 0.1) is 6.92 Å². The molecular formula is C18H24N4O2. The molecule has 0 atom stereocenters. The number of nitrogen functional groups attached to an aromatic ring is 1. The zero-order chi connectivity index (χ0) is 17.7. The second kappa shape index (κ2) is 7.77. The van der Waals surface area contributed by atoms with Crippen LogP contribution in [0.1, 0.15) is 28.8 Å². The molecule has 2 N–H and O–H groups in total. The topological polar surface area (TPSA) is 81.3 Å². The van der Waals surface area contributed by atoms with Gasteiger partial charge in [0.2, 0.25) is 11.9 Å². The molecule has 0 bridgehead atoms. The molecule has 0 spiro atoms. The molecule has 128 valence electrons. The Morgan fingerprint density at radius 1 is 1.29 bits per heavy atom. The maximum Gasteiger partial charge on any atom is 0.222 e. The Morgan fingerprint density at radius 3 is 2.67 bits per heavy atom. The fourth-order valence-corrected chi connectivity index (χ4v) is 2.45. The quantitative estimate of drug-likeness (QED) is 0.877. The first-order valence-corrected chi connectivity index (χ1v) is 7.84. The van der Waals surface area contributed by atoms with Gasteiger partial charge in [0.1, 0.15) is 5.75 Å². The molecule has 0 saturated carbocycles. The third-order valence-corrected chi connectivity index (χ3v) is 3.96. The summed E-state index contributed by atoms with van der Waals surface area (Å²) in [5.41, 5.74) is 9.61. The average Bonchev–Trinajstić information content (AvgIpc) is 2.55. The Morgan fingerprint density at radius 2 is 2.04 bits per heavy atom. The molecule has 0 radical (unpaired) electrons. The van der Waals surface area contributed by atoms with E-state index in [1.54, 1.807) is 32.3 Å². The van der Waals surface area contributed by atoms with Gasteiger partial charge in [-0.2, -0.15) is 0 Å². The van der Waals surface area contributed by atoms with Crippen molar-refractivity contribution in [3.63, 3.8) is 0 Å². The number of carbonyl (C=O) groups excluding carboxylic acids is 1. The summed E-state index contributed by atoms with van der Waals surface area (Å²) in [4.78, 5) is 21.6. The minimum absolute atomic E-state index is 0.118. The van der Waals surface area contributed by atoms with Crippen LogP contribution in [0.2, 0.25) is 0 Å². The van der Waals surface area contributed by atoms with Gasteiger partial charge in [0.15, 0.2) is 0 Å². The van der Waals surface area contributed by atoms with Crippen molar-refractivity contribution in [2.24, 2.45) is 0 Å². The van der Waals surface area contributed by atoms with Crippen molar-refractivity contribution >= 4 is 11.9 Å². The van der Waals surface area contributed by atoms with Crippen molar-refractivity contribution in [3.8, 4) is 5.75 Å². The highest BCUT2D eigenvalue weighted by molar-refractivity contribution is 5.75. The molecule has 2 aromatic rings. The highest BCUT2D eigenvalue weighted by Crippen LogP contribution is 2.24. The second-order valence-corrected chi connectivity index (χ2v) is 5.95. The van der Waals surface area contributed by atoms with Crippen LogP contribution in [-0.4, -0.2) is 42.0 Å². The molecule has 0 aliphatic carbocycles. The minimum Gasteiger partial charge on any atom is -0.496 e. The highest BCUT2D eigenvalue weighted by atomic mass is 16.5. The van der Waals surface area contributed by atoms with E-state index in [0.717, 1.165) is 28.1 Å². The summed E-state index contributed by atoms with van der Waals surface area (Å²) >= 11 is 0. The molecule has 6 heteroatoms. The third-order valence-electron chi connectivity index (χ3n) is 3.96. The van der Waals surface area contributed by atoms with Gasteiger partial charge in [-0.25, -0.2) is 9.97 Å². The number of aromatic nitrogens is 2. The van der Waals surface area contributed by atoms with Crippen LogP contribution in [0.5, 0.6) is 5.75 Å². The number of nitrogens with two attached hydrogens (primary N) is 1. The minimum atomic E-state index is 0.118. The van der Waals surface area contributed by atoms with Crippen LogP contribution >= 0.6 is 0 Å². The van der Waals surface area contributed by atoms with Crippen molar-refractivity contribution in [3.05, 3.63) is 46.8 Å². The lowest BCUT2D eigenvalue weighted by Gasteiger charge is -2.13. The normalized spacial score (nSPS) is 10.5. The van der Waals surface area contributed by atoms with E-state index >= 15 is 0 Å². The number of anilines is 1. The van der Waals surface area contributed by atoms with Crippen LogP contribution in [0.3, 0.4) is 0 Å². The Balaban J connectivity index is 2.15. The highest BCUT2D eigenvalue weighted by Gasteiger charge is 2.10. The number of methoxy groups -OCH3 is 1. The number of hydrogen-bond donors (Lipinski definition) is 1. The van der Waals surface area contributed by atoms with E-state index in [9.17, 15) is 4.79 Å². The largest absolute Gasteiger partial charge is 0.496 e. The van der Waals surface area contributed by atoms with Crippen LogP contribution in [0.4, 0.5) is 5.95 Å². The van der Waals surface area contributed by atoms with Crippen molar-refractivity contribution in [1.82, 2.24) is 14.9 Å². The smallest absolute Gasteiger partial charge is 0.222 e. The van der Waals surface area contributed by atoms with E-state index in [-0.39, 0.29) is 11.9 Å². The predicted molar refractivity (Wildman–Crippen MR) is 94.0 cm³/mol. The van der Waals surface area contributed by atoms with E-state index in [4.69, 9.17) is 10.5 Å². The summed E-state index contributed by atoms with van der Waals surface area (Å²) in [7, 11) is 5.19. The number of amides is 1. The van der Waals surface area contributed by atoms with Crippen molar-refractivity contribution in [1.29, 1.82) is 0 Å². The SMILES string of the molecule is COc1cc(CCC(=O)N(C)C)ccc1Cc1cnc(N)nc1C. The van der Waals surface area contributed by atoms with E-state index in [1.807, 2.05) is 25.1 Å². The number of benzene rings is 1. The molecule has 0 aliphatic rings. The number of hydrogen-bond acceptors (Lipinski definition) is 5. The number of ether oxygens (including phenoxy) is 1. The third kappa shape index (κ3) is 4.44. The zero-order valence-electron chi connectivity index (χ0n) is 14.7. The second-order valence-electron chi connectivity index (χ2n) is 5.95. The molecule has 1 aromatic carbocycles. The van der Waals surface area contributed by atoms with Crippen LogP contribution in [0.25, 0.3) is 0 Å². The number of carbonyl (C=O) groups is 1. The summed E-state index contributed by atoms with van der Waals surface area (Å²) in [6.45, 7) is 1.92. The van der Waals surface area contributed by atoms with E-state index < -0.39 is 0 Å². The fourth-order valence-electron chi connectivity index (χ4n) is 2.45. The van der Waals surface area contributed by atoms with Crippen LogP contribution in [0.15, 0.2) is 24.4 Å². The molecule has 6 nitrogen and oxygen atoms in total. The number of aryl methyl sites for hydroxylation is 2. The van der Waals surface area contributed by atoms with Gasteiger partial charge in [0.25, 0.3) is 0 Å². The van der Waals surface area contributed by atoms with Crippen molar-refractivity contribution < 1.29 is 9.53 Å². The van der Waals surface area contributed by atoms with Crippen LogP contribution in [-0.2, 0) is 17.6 Å². The van der Waals surface area contributed by atoms with E-state index in [2.05, 4.69) is 9.97 Å². The van der Waals surface area contributed by atoms with Gasteiger partial charge in [0.05, 0.1) is 7.11 Å². The standard InChI is InChI=1S/C18H24N4O2/c1-12-15(11-20-18(19)21-12)10-14-7-5-13(9-16(14)24-4)6-8-17(23)22(2)3/h5,7,9,11H,6,8,10H2,1-4H3,(H2,19,20,21). The molecule has 0 saturated heterocycles. The Kier molecular flexibility index (Phi) is 5.73. The first kappa shape index (κ1) is 17.7. The Bertz CT molecular complexity index is 729. The first-order chi connectivity index (χ1) is 11.4. The van der Waals surface area contributed by atoms with Gasteiger partial charge in [-0.05, 0) is 36.1 Å². The molecule has 24 heavy (non-hydrogen) atoms. The molecule has 1 heterocycles. The van der Waals surface area contributed by atoms with Gasteiger partial charge in [-0.15, -0.1) is 0 Å². The number of nitrogens with zero attached hydrogens (tertiary/aromatic N) is 3. The Labute approximate surface area is 142 Å². The van der Waals surface area contributed by atoms with Crippen LogP contribution < -0.4 is 10.5 Å². The molecule has 0 aliphatic heterocycles. The zero-order valence-corrected chi connectivity index (χ0v) is 14.7. The molecule has 0 fully saturated rings. The fraction of sp³-hybridized carbons (Fsp3) is 0.389. The van der Waals surface area contributed by atoms with Crippen molar-refractivity contribution in [2.45, 2.75) is 26.2 Å². The molecule has 2 rings (SSSR count). The van der Waals surface area contributed by atoms with E-state index in [0.29, 0.717) is 19.3 Å². The monoisotopic (exact) mass is 328 g/mol. The van der Waals surface area contributed by atoms with Gasteiger partial charge in [-0.1, -0.05) is 12.1 Å². The summed E-state index contributed by atoms with van der Waals surface area (Å²) in [5, 5.41) is 0. The molecular weight excluding hydrogens is 304 g/mol. The maximum absolute atomic E-state index is 11.7. The lowest BCUT2D eigenvalue weighted by atomic mass is 10.0. The lowest BCUT2D eigenvalue weighted by molar-refractivity contribution is -0.128. The molecule has 1 amide bonds. The van der Waals surface area contributed by atoms with Gasteiger partial charge in [0, 0.05) is 38.8 Å². The Hall–Kier alpha value is -2.63.